The Kier molecular flexibility index (Phi) is 6.80. The third kappa shape index (κ3) is 5.13. The third-order valence-electron chi connectivity index (χ3n) is 5.15. The molecule has 1 atom stereocenters. The summed E-state index contributed by atoms with van der Waals surface area (Å²) < 4.78 is 47.0. The Morgan fingerprint density at radius 2 is 2.10 bits per heavy atom. The first-order valence-electron chi connectivity index (χ1n) is 9.97. The van der Waals surface area contributed by atoms with Crippen molar-refractivity contribution in [3.63, 3.8) is 0 Å². The van der Waals surface area contributed by atoms with E-state index in [2.05, 4.69) is 10.5 Å². The van der Waals surface area contributed by atoms with Gasteiger partial charge in [0.1, 0.15) is 11.5 Å². The summed E-state index contributed by atoms with van der Waals surface area (Å²) in [7, 11) is -0.298. The lowest BCUT2D eigenvalue weighted by atomic mass is 9.98. The number of amides is 1. The second kappa shape index (κ2) is 9.19. The summed E-state index contributed by atoms with van der Waals surface area (Å²) in [5.41, 5.74) is 1.09. The lowest BCUT2D eigenvalue weighted by molar-refractivity contribution is -0.120. The van der Waals surface area contributed by atoms with E-state index >= 15 is 0 Å². The Labute approximate surface area is 181 Å². The minimum Gasteiger partial charge on any atom is -0.383 e. The van der Waals surface area contributed by atoms with Crippen molar-refractivity contribution in [1.29, 1.82) is 0 Å². The van der Waals surface area contributed by atoms with Crippen LogP contribution in [0.3, 0.4) is 0 Å². The maximum atomic E-state index is 13.8. The Morgan fingerprint density at radius 1 is 1.35 bits per heavy atom. The van der Waals surface area contributed by atoms with E-state index in [0.717, 1.165) is 0 Å². The van der Waals surface area contributed by atoms with Crippen LogP contribution in [0.4, 0.5) is 10.1 Å². The molecule has 0 spiro atoms. The van der Waals surface area contributed by atoms with E-state index in [0.29, 0.717) is 30.6 Å². The van der Waals surface area contributed by atoms with Crippen molar-refractivity contribution < 1.29 is 22.1 Å². The van der Waals surface area contributed by atoms with Crippen LogP contribution in [0, 0.1) is 25.6 Å². The minimum atomic E-state index is -3.91. The molecule has 1 aliphatic rings. The lowest BCUT2D eigenvalue weighted by Gasteiger charge is -2.31. The van der Waals surface area contributed by atoms with E-state index in [1.54, 1.807) is 43.2 Å². The predicted octanol–water partition coefficient (Wildman–Crippen LogP) is 3.00. The van der Waals surface area contributed by atoms with Gasteiger partial charge in [0.05, 0.1) is 5.92 Å². The van der Waals surface area contributed by atoms with Crippen LogP contribution in [0.1, 0.15) is 29.9 Å². The number of carbonyl (C=O) groups is 1. The summed E-state index contributed by atoms with van der Waals surface area (Å²) in [5, 5.41) is 6.51. The molecule has 0 radical (unpaired) electrons. The van der Waals surface area contributed by atoms with Crippen LogP contribution in [0.15, 0.2) is 33.8 Å². The monoisotopic (exact) mass is 450 g/mol. The van der Waals surface area contributed by atoms with Gasteiger partial charge in [-0.3, -0.25) is 4.79 Å². The smallest absolute Gasteiger partial charge is 0.248 e. The van der Waals surface area contributed by atoms with E-state index < -0.39 is 21.8 Å². The molecule has 1 N–H and O–H groups in total. The van der Waals surface area contributed by atoms with E-state index in [-0.39, 0.29) is 28.8 Å². The number of aryl methyl sites for hydroxylation is 2. The molecule has 0 unspecified atom stereocenters. The fourth-order valence-electron chi connectivity index (χ4n) is 3.43. The highest BCUT2D eigenvalue weighted by Crippen LogP contribution is 2.29. The van der Waals surface area contributed by atoms with Gasteiger partial charge in [-0.05, 0) is 44.4 Å². The largest absolute Gasteiger partial charge is 0.383 e. The zero-order valence-electron chi connectivity index (χ0n) is 18.1. The van der Waals surface area contributed by atoms with Crippen molar-refractivity contribution in [1.82, 2.24) is 14.4 Å². The van der Waals surface area contributed by atoms with Crippen LogP contribution in [0.5, 0.6) is 0 Å². The standard InChI is InChI=1S/C21H27FN4O4S/c1-14-7-8-17(12-18(14)22)23-21(27)16-6-5-10-26(13-16)31(28,29)20-15(2)24-30-19(20)9-11-25(3)4/h7-9,11-12,16H,5-6,10,13H2,1-4H3,(H,23,27)/b11-9+/t16-/m0/s1. The Morgan fingerprint density at radius 3 is 2.77 bits per heavy atom. The number of nitrogens with one attached hydrogen (secondary N) is 1. The summed E-state index contributed by atoms with van der Waals surface area (Å²) in [6.07, 6.45) is 4.30. The summed E-state index contributed by atoms with van der Waals surface area (Å²) >= 11 is 0. The number of aromatic nitrogens is 1. The number of benzene rings is 1. The highest BCUT2D eigenvalue weighted by molar-refractivity contribution is 7.89. The number of anilines is 1. The molecule has 31 heavy (non-hydrogen) atoms. The molecule has 0 saturated carbocycles. The van der Waals surface area contributed by atoms with E-state index in [9.17, 15) is 17.6 Å². The minimum absolute atomic E-state index is 0.00673. The average Bonchev–Trinajstić information content (AvgIpc) is 3.10. The van der Waals surface area contributed by atoms with Gasteiger partial charge in [-0.2, -0.15) is 4.31 Å². The molecular formula is C21H27FN4O4S. The molecule has 1 aromatic heterocycles. The number of halogens is 1. The van der Waals surface area contributed by atoms with Gasteiger partial charge in [-0.15, -0.1) is 0 Å². The number of sulfonamides is 1. The highest BCUT2D eigenvalue weighted by Gasteiger charge is 2.37. The SMILES string of the molecule is Cc1ccc(NC(=O)[C@H]2CCCN(S(=O)(=O)c3c(C)noc3/C=C/N(C)C)C2)cc1F. The normalized spacial score (nSPS) is 17.8. The van der Waals surface area contributed by atoms with Gasteiger partial charge >= 0.3 is 0 Å². The molecule has 1 fully saturated rings. The summed E-state index contributed by atoms with van der Waals surface area (Å²) in [5.74, 6) is -1.15. The number of hydrogen-bond donors (Lipinski definition) is 1. The van der Waals surface area contributed by atoms with Crippen LogP contribution in [-0.4, -0.2) is 55.9 Å². The van der Waals surface area contributed by atoms with Crippen molar-refractivity contribution in [2.45, 2.75) is 31.6 Å². The van der Waals surface area contributed by atoms with Gasteiger partial charge < -0.3 is 14.7 Å². The number of piperidine rings is 1. The molecule has 2 aromatic rings. The third-order valence-corrected chi connectivity index (χ3v) is 7.17. The molecule has 1 aliphatic heterocycles. The van der Waals surface area contributed by atoms with Gasteiger partial charge in [0.2, 0.25) is 15.9 Å². The summed E-state index contributed by atoms with van der Waals surface area (Å²) in [6.45, 7) is 3.54. The fourth-order valence-corrected chi connectivity index (χ4v) is 5.21. The second-order valence-electron chi connectivity index (χ2n) is 7.90. The molecule has 0 bridgehead atoms. The van der Waals surface area contributed by atoms with Crippen LogP contribution < -0.4 is 5.32 Å². The first-order valence-corrected chi connectivity index (χ1v) is 11.4. The molecule has 10 heteroatoms. The first-order chi connectivity index (χ1) is 14.6. The molecular weight excluding hydrogens is 423 g/mol. The molecule has 168 valence electrons. The van der Waals surface area contributed by atoms with Crippen molar-refractivity contribution in [3.05, 3.63) is 47.2 Å². The van der Waals surface area contributed by atoms with Gasteiger partial charge in [0.25, 0.3) is 0 Å². The van der Waals surface area contributed by atoms with Crippen molar-refractivity contribution in [3.8, 4) is 0 Å². The number of nitrogens with zero attached hydrogens (tertiary/aromatic N) is 3. The zero-order chi connectivity index (χ0) is 22.8. The molecule has 3 rings (SSSR count). The highest BCUT2D eigenvalue weighted by atomic mass is 32.2. The van der Waals surface area contributed by atoms with Gasteiger partial charge in [0.15, 0.2) is 10.7 Å². The average molecular weight is 451 g/mol. The van der Waals surface area contributed by atoms with Crippen LogP contribution >= 0.6 is 0 Å². The topological polar surface area (TPSA) is 95.8 Å². The van der Waals surface area contributed by atoms with Crippen molar-refractivity contribution in [2.24, 2.45) is 5.92 Å². The summed E-state index contributed by atoms with van der Waals surface area (Å²) in [6, 6.07) is 4.46. The van der Waals surface area contributed by atoms with Gasteiger partial charge in [-0.1, -0.05) is 11.2 Å². The molecule has 2 heterocycles. The molecule has 1 saturated heterocycles. The van der Waals surface area contributed by atoms with Crippen LogP contribution in [0.25, 0.3) is 6.08 Å². The first kappa shape index (κ1) is 23.0. The van der Waals surface area contributed by atoms with Crippen LogP contribution in [-0.2, 0) is 14.8 Å². The Bertz CT molecular complexity index is 1090. The molecule has 1 aromatic carbocycles. The summed E-state index contributed by atoms with van der Waals surface area (Å²) in [4.78, 5) is 14.5. The van der Waals surface area contributed by atoms with Gasteiger partial charge in [0, 0.05) is 45.1 Å². The maximum Gasteiger partial charge on any atom is 0.248 e. The Balaban J connectivity index is 1.79. The maximum absolute atomic E-state index is 13.8. The number of rotatable bonds is 6. The quantitative estimate of drug-likeness (QED) is 0.727. The molecule has 0 aliphatic carbocycles. The van der Waals surface area contributed by atoms with E-state index in [1.165, 1.54) is 10.4 Å². The van der Waals surface area contributed by atoms with Crippen molar-refractivity contribution in [2.75, 3.05) is 32.5 Å². The fraction of sp³-hybridized carbons (Fsp3) is 0.429. The number of carbonyl (C=O) groups excluding carboxylic acids is 1. The second-order valence-corrected chi connectivity index (χ2v) is 9.77. The predicted molar refractivity (Wildman–Crippen MR) is 115 cm³/mol. The van der Waals surface area contributed by atoms with Crippen LogP contribution in [0.2, 0.25) is 0 Å². The molecule has 1 amide bonds. The Hall–Kier alpha value is -2.72. The van der Waals surface area contributed by atoms with E-state index in [1.807, 2.05) is 14.1 Å². The van der Waals surface area contributed by atoms with E-state index in [4.69, 9.17) is 4.52 Å². The molecule has 8 nitrogen and oxygen atoms in total. The van der Waals surface area contributed by atoms with Gasteiger partial charge in [-0.25, -0.2) is 12.8 Å². The lowest BCUT2D eigenvalue weighted by Crippen LogP contribution is -2.43. The van der Waals surface area contributed by atoms with Crippen molar-refractivity contribution >= 4 is 27.7 Å². The zero-order valence-corrected chi connectivity index (χ0v) is 18.9. The number of hydrogen-bond acceptors (Lipinski definition) is 6.